The van der Waals surface area contributed by atoms with Crippen LogP contribution in [0.15, 0.2) is 54.9 Å². The van der Waals surface area contributed by atoms with Crippen LogP contribution in [0.1, 0.15) is 16.8 Å². The molecule has 0 radical (unpaired) electrons. The lowest BCUT2D eigenvalue weighted by molar-refractivity contribution is 0.627. The normalized spacial score (nSPS) is 10.5. The summed E-state index contributed by atoms with van der Waals surface area (Å²) in [6, 6.07) is 12.4. The van der Waals surface area contributed by atoms with Crippen LogP contribution in [-0.2, 0) is 13.0 Å². The number of aryl methyl sites for hydroxylation is 1. The molecule has 6 heteroatoms. The van der Waals surface area contributed by atoms with Crippen LogP contribution >= 0.6 is 0 Å². The third kappa shape index (κ3) is 5.24. The van der Waals surface area contributed by atoms with Gasteiger partial charge in [0.1, 0.15) is 11.6 Å². The van der Waals surface area contributed by atoms with Gasteiger partial charge in [0.05, 0.1) is 0 Å². The first kappa shape index (κ1) is 16.8. The maximum atomic E-state index is 12.9. The zero-order valence-electron chi connectivity index (χ0n) is 14.0. The third-order valence-electron chi connectivity index (χ3n) is 3.69. The molecule has 0 fully saturated rings. The largest absolute Gasteiger partial charge is 0.366 e. The number of aromatic nitrogens is 3. The minimum absolute atomic E-state index is 0.219. The molecule has 0 aliphatic carbocycles. The molecule has 0 amide bonds. The van der Waals surface area contributed by atoms with E-state index in [0.29, 0.717) is 19.0 Å². The number of nitrogens with zero attached hydrogens (tertiary/aromatic N) is 3. The number of nitrogens with one attached hydrogen (secondary N) is 2. The zero-order valence-corrected chi connectivity index (χ0v) is 14.0. The maximum Gasteiger partial charge on any atom is 0.224 e. The van der Waals surface area contributed by atoms with Crippen LogP contribution in [-0.4, -0.2) is 21.5 Å². The molecule has 0 bridgehead atoms. The van der Waals surface area contributed by atoms with Crippen molar-refractivity contribution in [3.05, 3.63) is 77.5 Å². The highest BCUT2D eigenvalue weighted by atomic mass is 19.1. The minimum atomic E-state index is -0.219. The molecular weight excluding hydrogens is 317 g/mol. The quantitative estimate of drug-likeness (QED) is 0.690. The standard InChI is InChI=1S/C19H20FN5/c1-14-12-18(23-13-16-6-9-21-10-7-16)25-19(24-14)22-11-8-15-2-4-17(20)5-3-15/h2-7,9-10,12H,8,11,13H2,1H3,(H2,22,23,24,25). The van der Waals surface area contributed by atoms with E-state index in [1.54, 1.807) is 24.5 Å². The van der Waals surface area contributed by atoms with E-state index in [9.17, 15) is 4.39 Å². The van der Waals surface area contributed by atoms with Crippen molar-refractivity contribution in [3.63, 3.8) is 0 Å². The minimum Gasteiger partial charge on any atom is -0.366 e. The molecule has 25 heavy (non-hydrogen) atoms. The lowest BCUT2D eigenvalue weighted by Crippen LogP contribution is -2.10. The van der Waals surface area contributed by atoms with Crippen LogP contribution < -0.4 is 10.6 Å². The smallest absolute Gasteiger partial charge is 0.224 e. The molecule has 2 N–H and O–H groups in total. The number of hydrogen-bond donors (Lipinski definition) is 2. The fourth-order valence-corrected chi connectivity index (χ4v) is 2.40. The van der Waals surface area contributed by atoms with Gasteiger partial charge in [0, 0.05) is 37.2 Å². The number of rotatable bonds is 7. The average molecular weight is 337 g/mol. The lowest BCUT2D eigenvalue weighted by Gasteiger charge is -2.10. The predicted octanol–water partition coefficient (Wildman–Crippen LogP) is 3.59. The average Bonchev–Trinajstić information content (AvgIpc) is 2.62. The highest BCUT2D eigenvalue weighted by molar-refractivity contribution is 5.42. The fraction of sp³-hybridized carbons (Fsp3) is 0.211. The molecule has 5 nitrogen and oxygen atoms in total. The zero-order chi connectivity index (χ0) is 17.5. The number of pyridine rings is 1. The molecular formula is C19H20FN5. The van der Waals surface area contributed by atoms with Crippen LogP contribution in [0.2, 0.25) is 0 Å². The van der Waals surface area contributed by atoms with E-state index in [-0.39, 0.29) is 5.82 Å². The summed E-state index contributed by atoms with van der Waals surface area (Å²) in [5.41, 5.74) is 3.09. The molecule has 0 atom stereocenters. The molecule has 3 rings (SSSR count). The summed E-state index contributed by atoms with van der Waals surface area (Å²) >= 11 is 0. The van der Waals surface area contributed by atoms with Crippen LogP contribution in [0.25, 0.3) is 0 Å². The van der Waals surface area contributed by atoms with Gasteiger partial charge in [-0.15, -0.1) is 0 Å². The molecule has 1 aromatic carbocycles. The molecule has 2 aromatic heterocycles. The predicted molar refractivity (Wildman–Crippen MR) is 96.9 cm³/mol. The summed E-state index contributed by atoms with van der Waals surface area (Å²) in [6.45, 7) is 3.29. The van der Waals surface area contributed by atoms with Crippen LogP contribution in [0.3, 0.4) is 0 Å². The first-order valence-corrected chi connectivity index (χ1v) is 8.16. The molecule has 0 spiro atoms. The van der Waals surface area contributed by atoms with E-state index >= 15 is 0 Å². The highest BCUT2D eigenvalue weighted by Gasteiger charge is 2.03. The van der Waals surface area contributed by atoms with Crippen molar-refractivity contribution in [2.75, 3.05) is 17.2 Å². The van der Waals surface area contributed by atoms with Gasteiger partial charge >= 0.3 is 0 Å². The Balaban J connectivity index is 1.56. The number of halogens is 1. The molecule has 2 heterocycles. The van der Waals surface area contributed by atoms with Crippen molar-refractivity contribution in [1.82, 2.24) is 15.0 Å². The fourth-order valence-electron chi connectivity index (χ4n) is 2.40. The van der Waals surface area contributed by atoms with Gasteiger partial charge in [-0.2, -0.15) is 4.98 Å². The van der Waals surface area contributed by atoms with Gasteiger partial charge in [0.2, 0.25) is 5.95 Å². The number of hydrogen-bond acceptors (Lipinski definition) is 5. The summed E-state index contributed by atoms with van der Waals surface area (Å²) in [5.74, 6) is 1.14. The number of anilines is 2. The second kappa shape index (κ2) is 8.19. The molecule has 128 valence electrons. The molecule has 0 aliphatic heterocycles. The van der Waals surface area contributed by atoms with Crippen molar-refractivity contribution in [1.29, 1.82) is 0 Å². The first-order valence-electron chi connectivity index (χ1n) is 8.16. The summed E-state index contributed by atoms with van der Waals surface area (Å²) < 4.78 is 12.9. The summed E-state index contributed by atoms with van der Waals surface area (Å²) in [4.78, 5) is 12.9. The van der Waals surface area contributed by atoms with E-state index < -0.39 is 0 Å². The Morgan fingerprint density at radius 2 is 1.68 bits per heavy atom. The van der Waals surface area contributed by atoms with Gasteiger partial charge in [-0.25, -0.2) is 9.37 Å². The van der Waals surface area contributed by atoms with Crippen molar-refractivity contribution < 1.29 is 4.39 Å². The van der Waals surface area contributed by atoms with E-state index in [2.05, 4.69) is 25.6 Å². The SMILES string of the molecule is Cc1cc(NCc2ccncc2)nc(NCCc2ccc(F)cc2)n1. The van der Waals surface area contributed by atoms with Gasteiger partial charge in [-0.05, 0) is 48.7 Å². The van der Waals surface area contributed by atoms with E-state index in [4.69, 9.17) is 0 Å². The second-order valence-electron chi connectivity index (χ2n) is 5.73. The maximum absolute atomic E-state index is 12.9. The van der Waals surface area contributed by atoms with Crippen LogP contribution in [0.5, 0.6) is 0 Å². The van der Waals surface area contributed by atoms with E-state index in [1.807, 2.05) is 25.1 Å². The monoisotopic (exact) mass is 337 g/mol. The van der Waals surface area contributed by atoms with Crippen molar-refractivity contribution >= 4 is 11.8 Å². The van der Waals surface area contributed by atoms with E-state index in [0.717, 1.165) is 29.1 Å². The Morgan fingerprint density at radius 1 is 0.920 bits per heavy atom. The topological polar surface area (TPSA) is 62.7 Å². The first-order chi connectivity index (χ1) is 12.2. The van der Waals surface area contributed by atoms with Gasteiger partial charge in [-0.3, -0.25) is 4.98 Å². The Kier molecular flexibility index (Phi) is 5.51. The Morgan fingerprint density at radius 3 is 2.44 bits per heavy atom. The Hall–Kier alpha value is -3.02. The van der Waals surface area contributed by atoms with Crippen molar-refractivity contribution in [3.8, 4) is 0 Å². The summed E-state index contributed by atoms with van der Waals surface area (Å²) in [6.07, 6.45) is 4.31. The van der Waals surface area contributed by atoms with Gasteiger partial charge in [0.15, 0.2) is 0 Å². The van der Waals surface area contributed by atoms with Gasteiger partial charge in [0.25, 0.3) is 0 Å². The summed E-state index contributed by atoms with van der Waals surface area (Å²) in [7, 11) is 0. The molecule has 0 unspecified atom stereocenters. The van der Waals surface area contributed by atoms with Crippen molar-refractivity contribution in [2.24, 2.45) is 0 Å². The highest BCUT2D eigenvalue weighted by Crippen LogP contribution is 2.11. The van der Waals surface area contributed by atoms with Crippen molar-refractivity contribution in [2.45, 2.75) is 19.9 Å². The molecule has 3 aromatic rings. The van der Waals surface area contributed by atoms with Gasteiger partial charge < -0.3 is 10.6 Å². The number of benzene rings is 1. The van der Waals surface area contributed by atoms with Crippen LogP contribution in [0.4, 0.5) is 16.2 Å². The molecule has 0 saturated heterocycles. The van der Waals surface area contributed by atoms with Gasteiger partial charge in [-0.1, -0.05) is 12.1 Å². The Labute approximate surface area is 146 Å². The lowest BCUT2D eigenvalue weighted by atomic mass is 10.1. The molecule has 0 saturated carbocycles. The second-order valence-corrected chi connectivity index (χ2v) is 5.73. The van der Waals surface area contributed by atoms with E-state index in [1.165, 1.54) is 12.1 Å². The van der Waals surface area contributed by atoms with Crippen LogP contribution in [0, 0.1) is 12.7 Å². The summed E-state index contributed by atoms with van der Waals surface area (Å²) in [5, 5.41) is 6.52. The third-order valence-corrected chi connectivity index (χ3v) is 3.69. The Bertz CT molecular complexity index is 806. The molecule has 0 aliphatic rings.